The van der Waals surface area contributed by atoms with Gasteiger partial charge in [0.25, 0.3) is 0 Å². The van der Waals surface area contributed by atoms with Crippen molar-refractivity contribution < 1.29 is 9.90 Å². The van der Waals surface area contributed by atoms with E-state index in [1.54, 1.807) is 6.20 Å². The standard InChI is InChI=1S/C16H10N2O2S/c19-15(20)13-8-18-14(9-21-16(18)17-13)12-6-5-10-3-1-2-4-11(10)7-12/h1-9H,(H,19,20). The first-order chi connectivity index (χ1) is 10.2. The first kappa shape index (κ1) is 12.1. The lowest BCUT2D eigenvalue weighted by atomic mass is 10.1. The Balaban J connectivity index is 1.92. The smallest absolute Gasteiger partial charge is 0.356 e. The summed E-state index contributed by atoms with van der Waals surface area (Å²) in [5, 5.41) is 13.4. The van der Waals surface area contributed by atoms with Crippen LogP contribution < -0.4 is 0 Å². The minimum Gasteiger partial charge on any atom is -0.476 e. The zero-order valence-electron chi connectivity index (χ0n) is 10.9. The van der Waals surface area contributed by atoms with Gasteiger partial charge in [0, 0.05) is 17.1 Å². The average molecular weight is 294 g/mol. The molecule has 0 fully saturated rings. The van der Waals surface area contributed by atoms with Crippen LogP contribution in [0.1, 0.15) is 10.5 Å². The first-order valence-corrected chi connectivity index (χ1v) is 7.29. The lowest BCUT2D eigenvalue weighted by molar-refractivity contribution is 0.0691. The monoisotopic (exact) mass is 294 g/mol. The van der Waals surface area contributed by atoms with Gasteiger partial charge >= 0.3 is 5.97 Å². The van der Waals surface area contributed by atoms with E-state index in [-0.39, 0.29) is 5.69 Å². The molecule has 0 atom stereocenters. The van der Waals surface area contributed by atoms with E-state index >= 15 is 0 Å². The van der Waals surface area contributed by atoms with Gasteiger partial charge in [-0.3, -0.25) is 4.40 Å². The summed E-state index contributed by atoms with van der Waals surface area (Å²) in [6, 6.07) is 14.4. The van der Waals surface area contributed by atoms with Gasteiger partial charge in [-0.25, -0.2) is 9.78 Å². The van der Waals surface area contributed by atoms with Gasteiger partial charge in [0.05, 0.1) is 5.69 Å². The molecule has 0 aliphatic heterocycles. The number of rotatable bonds is 2. The van der Waals surface area contributed by atoms with Crippen LogP contribution in [0.25, 0.3) is 27.0 Å². The molecule has 0 aliphatic rings. The van der Waals surface area contributed by atoms with Gasteiger partial charge in [0.1, 0.15) is 0 Å². The second kappa shape index (κ2) is 4.43. The summed E-state index contributed by atoms with van der Waals surface area (Å²) in [6.07, 6.45) is 1.57. The summed E-state index contributed by atoms with van der Waals surface area (Å²) < 4.78 is 1.83. The van der Waals surface area contributed by atoms with Crippen LogP contribution in [0.3, 0.4) is 0 Å². The summed E-state index contributed by atoms with van der Waals surface area (Å²) in [5.41, 5.74) is 2.08. The molecule has 4 aromatic rings. The van der Waals surface area contributed by atoms with Crippen molar-refractivity contribution in [2.24, 2.45) is 0 Å². The molecule has 102 valence electrons. The van der Waals surface area contributed by atoms with Gasteiger partial charge in [0.2, 0.25) is 0 Å². The first-order valence-electron chi connectivity index (χ1n) is 6.41. The van der Waals surface area contributed by atoms with E-state index < -0.39 is 5.97 Å². The summed E-state index contributed by atoms with van der Waals surface area (Å²) in [5.74, 6) is -1.00. The normalized spacial score (nSPS) is 11.2. The van der Waals surface area contributed by atoms with E-state index in [1.807, 2.05) is 28.0 Å². The fourth-order valence-corrected chi connectivity index (χ4v) is 3.33. The molecular formula is C16H10N2O2S. The molecule has 5 heteroatoms. The molecule has 0 saturated carbocycles. The zero-order valence-corrected chi connectivity index (χ0v) is 11.7. The maximum Gasteiger partial charge on any atom is 0.356 e. The van der Waals surface area contributed by atoms with Crippen molar-refractivity contribution in [2.75, 3.05) is 0 Å². The molecule has 0 saturated heterocycles. The largest absolute Gasteiger partial charge is 0.476 e. The number of carbonyl (C=O) groups is 1. The van der Waals surface area contributed by atoms with Crippen molar-refractivity contribution in [3.8, 4) is 11.3 Å². The molecule has 21 heavy (non-hydrogen) atoms. The molecule has 4 nitrogen and oxygen atoms in total. The number of aromatic carboxylic acids is 1. The predicted octanol–water partition coefficient (Wildman–Crippen LogP) is 3.91. The van der Waals surface area contributed by atoms with Crippen molar-refractivity contribution in [2.45, 2.75) is 0 Å². The highest BCUT2D eigenvalue weighted by Crippen LogP contribution is 2.28. The molecule has 0 aliphatic carbocycles. The van der Waals surface area contributed by atoms with Crippen LogP contribution in [0, 0.1) is 0 Å². The van der Waals surface area contributed by atoms with Crippen LogP contribution in [-0.2, 0) is 0 Å². The average Bonchev–Trinajstić information content (AvgIpc) is 3.07. The number of carboxylic acids is 1. The van der Waals surface area contributed by atoms with Crippen LogP contribution in [-0.4, -0.2) is 20.5 Å². The minimum atomic E-state index is -1.00. The van der Waals surface area contributed by atoms with E-state index in [4.69, 9.17) is 5.11 Å². The fraction of sp³-hybridized carbons (Fsp3) is 0. The van der Waals surface area contributed by atoms with Crippen molar-refractivity contribution in [1.82, 2.24) is 9.38 Å². The number of nitrogens with zero attached hydrogens (tertiary/aromatic N) is 2. The van der Waals surface area contributed by atoms with Crippen LogP contribution >= 0.6 is 11.3 Å². The summed E-state index contributed by atoms with van der Waals surface area (Å²) in [6.45, 7) is 0. The maximum absolute atomic E-state index is 11.0. The van der Waals surface area contributed by atoms with Crippen LogP contribution in [0.5, 0.6) is 0 Å². The molecule has 1 N–H and O–H groups in total. The quantitative estimate of drug-likeness (QED) is 0.609. The summed E-state index contributed by atoms with van der Waals surface area (Å²) >= 11 is 1.44. The van der Waals surface area contributed by atoms with E-state index in [0.717, 1.165) is 16.6 Å². The van der Waals surface area contributed by atoms with Crippen molar-refractivity contribution >= 4 is 33.0 Å². The number of thiazole rings is 1. The Bertz CT molecular complexity index is 984. The van der Waals surface area contributed by atoms with Crippen LogP contribution in [0.4, 0.5) is 0 Å². The van der Waals surface area contributed by atoms with Gasteiger partial charge in [-0.05, 0) is 16.8 Å². The van der Waals surface area contributed by atoms with Gasteiger partial charge in [-0.2, -0.15) is 0 Å². The Morgan fingerprint density at radius 3 is 2.76 bits per heavy atom. The highest BCUT2D eigenvalue weighted by molar-refractivity contribution is 7.15. The van der Waals surface area contributed by atoms with Gasteiger partial charge in [-0.15, -0.1) is 11.3 Å². The molecule has 0 amide bonds. The van der Waals surface area contributed by atoms with E-state index in [9.17, 15) is 4.79 Å². The SMILES string of the molecule is O=C(O)c1cn2c(-c3ccc4ccccc4c3)csc2n1. The number of imidazole rings is 1. The van der Waals surface area contributed by atoms with E-state index in [2.05, 4.69) is 29.2 Å². The number of aromatic nitrogens is 2. The molecular weight excluding hydrogens is 284 g/mol. The Morgan fingerprint density at radius 1 is 1.14 bits per heavy atom. The molecule has 0 radical (unpaired) electrons. The maximum atomic E-state index is 11.0. The Morgan fingerprint density at radius 2 is 1.95 bits per heavy atom. The highest BCUT2D eigenvalue weighted by Gasteiger charge is 2.13. The third kappa shape index (κ3) is 1.90. The Labute approximate surface area is 123 Å². The molecule has 0 bridgehead atoms. The number of hydrogen-bond donors (Lipinski definition) is 1. The topological polar surface area (TPSA) is 54.6 Å². The summed E-state index contributed by atoms with van der Waals surface area (Å²) in [4.78, 5) is 15.8. The van der Waals surface area contributed by atoms with Crippen molar-refractivity contribution in [1.29, 1.82) is 0 Å². The number of fused-ring (bicyclic) bond motifs is 2. The van der Waals surface area contributed by atoms with Gasteiger partial charge < -0.3 is 5.11 Å². The molecule has 2 aromatic carbocycles. The number of hydrogen-bond acceptors (Lipinski definition) is 3. The fourth-order valence-electron chi connectivity index (χ4n) is 2.44. The Kier molecular flexibility index (Phi) is 2.55. The van der Waals surface area contributed by atoms with Crippen molar-refractivity contribution in [3.05, 3.63) is 59.7 Å². The molecule has 0 unspecified atom stereocenters. The van der Waals surface area contributed by atoms with E-state index in [1.165, 1.54) is 16.7 Å². The molecule has 2 aromatic heterocycles. The number of carboxylic acid groups (broad SMARTS) is 1. The second-order valence-electron chi connectivity index (χ2n) is 4.77. The molecule has 4 rings (SSSR count). The van der Waals surface area contributed by atoms with Gasteiger partial charge in [-0.1, -0.05) is 36.4 Å². The van der Waals surface area contributed by atoms with Crippen LogP contribution in [0.2, 0.25) is 0 Å². The second-order valence-corrected chi connectivity index (χ2v) is 5.60. The third-order valence-electron chi connectivity index (χ3n) is 3.47. The Hall–Kier alpha value is -2.66. The predicted molar refractivity (Wildman–Crippen MR) is 83.0 cm³/mol. The van der Waals surface area contributed by atoms with E-state index in [0.29, 0.717) is 4.96 Å². The molecule has 2 heterocycles. The molecule has 0 spiro atoms. The van der Waals surface area contributed by atoms with Crippen LogP contribution in [0.15, 0.2) is 54.0 Å². The third-order valence-corrected chi connectivity index (χ3v) is 4.31. The zero-order chi connectivity index (χ0) is 14.4. The minimum absolute atomic E-state index is 0.0730. The highest BCUT2D eigenvalue weighted by atomic mass is 32.1. The number of benzene rings is 2. The van der Waals surface area contributed by atoms with Crippen molar-refractivity contribution in [3.63, 3.8) is 0 Å². The lowest BCUT2D eigenvalue weighted by Crippen LogP contribution is -1.95. The summed E-state index contributed by atoms with van der Waals surface area (Å²) in [7, 11) is 0. The van der Waals surface area contributed by atoms with Gasteiger partial charge in [0.15, 0.2) is 10.7 Å². The lowest BCUT2D eigenvalue weighted by Gasteiger charge is -2.02.